The third-order valence-corrected chi connectivity index (χ3v) is 2.50. The molecule has 0 heterocycles. The summed E-state index contributed by atoms with van der Waals surface area (Å²) >= 11 is 0. The number of hydrogen-bond acceptors (Lipinski definition) is 0. The van der Waals surface area contributed by atoms with Gasteiger partial charge >= 0.3 is 0 Å². The van der Waals surface area contributed by atoms with Crippen molar-refractivity contribution in [1.82, 2.24) is 0 Å². The van der Waals surface area contributed by atoms with Crippen LogP contribution < -0.4 is 0 Å². The van der Waals surface area contributed by atoms with E-state index in [9.17, 15) is 0 Å². The SMILES string of the molecule is CCC(C[Si])c1ccccc1. The maximum absolute atomic E-state index is 3.56. The lowest BCUT2D eigenvalue weighted by Gasteiger charge is -2.11. The Labute approximate surface area is 72.1 Å². The normalized spacial score (nSPS) is 12.9. The molecule has 0 aromatic heterocycles. The molecular formula is C10H13Si. The first kappa shape index (κ1) is 8.53. The Balaban J connectivity index is 2.74. The first-order valence-corrected chi connectivity index (χ1v) is 4.78. The summed E-state index contributed by atoms with van der Waals surface area (Å²) in [5.41, 5.74) is 1.44. The van der Waals surface area contributed by atoms with Gasteiger partial charge in [-0.2, -0.15) is 0 Å². The van der Waals surface area contributed by atoms with Gasteiger partial charge in [-0.15, -0.1) is 0 Å². The molecule has 0 saturated heterocycles. The molecule has 0 amide bonds. The van der Waals surface area contributed by atoms with Gasteiger partial charge in [0.2, 0.25) is 0 Å². The molecule has 3 radical (unpaired) electrons. The van der Waals surface area contributed by atoms with Crippen molar-refractivity contribution in [1.29, 1.82) is 0 Å². The van der Waals surface area contributed by atoms with Crippen LogP contribution >= 0.6 is 0 Å². The van der Waals surface area contributed by atoms with E-state index in [4.69, 9.17) is 0 Å². The largest absolute Gasteiger partial charge is 0.0648 e. The zero-order valence-corrected chi connectivity index (χ0v) is 7.88. The maximum atomic E-state index is 3.56. The van der Waals surface area contributed by atoms with Crippen LogP contribution in [0.5, 0.6) is 0 Å². The fourth-order valence-corrected chi connectivity index (χ4v) is 1.75. The molecule has 0 aliphatic rings. The fraction of sp³-hybridized carbons (Fsp3) is 0.400. The van der Waals surface area contributed by atoms with Gasteiger partial charge < -0.3 is 0 Å². The van der Waals surface area contributed by atoms with Crippen LogP contribution in [-0.2, 0) is 0 Å². The van der Waals surface area contributed by atoms with Crippen LogP contribution in [0.2, 0.25) is 6.04 Å². The van der Waals surface area contributed by atoms with Gasteiger partial charge in [-0.3, -0.25) is 0 Å². The molecule has 0 aliphatic heterocycles. The van der Waals surface area contributed by atoms with E-state index in [0.717, 1.165) is 6.04 Å². The summed E-state index contributed by atoms with van der Waals surface area (Å²) in [4.78, 5) is 0. The van der Waals surface area contributed by atoms with Crippen LogP contribution in [0.25, 0.3) is 0 Å². The summed E-state index contributed by atoms with van der Waals surface area (Å²) in [7, 11) is 3.56. The zero-order valence-electron chi connectivity index (χ0n) is 6.88. The third kappa shape index (κ3) is 2.19. The first-order chi connectivity index (χ1) is 5.38. The Morgan fingerprint density at radius 3 is 2.36 bits per heavy atom. The van der Waals surface area contributed by atoms with E-state index in [1.807, 2.05) is 0 Å². The fourth-order valence-electron chi connectivity index (χ4n) is 1.22. The highest BCUT2D eigenvalue weighted by molar-refractivity contribution is 6.09. The van der Waals surface area contributed by atoms with E-state index in [0.29, 0.717) is 5.92 Å². The molecule has 1 aromatic carbocycles. The molecule has 0 bridgehead atoms. The molecule has 0 spiro atoms. The summed E-state index contributed by atoms with van der Waals surface area (Å²) in [5.74, 6) is 0.674. The molecule has 1 rings (SSSR count). The lowest BCUT2D eigenvalue weighted by atomic mass is 9.99. The Bertz CT molecular complexity index is 189. The summed E-state index contributed by atoms with van der Waals surface area (Å²) in [6.07, 6.45) is 1.20. The van der Waals surface area contributed by atoms with Gasteiger partial charge in [-0.1, -0.05) is 43.3 Å². The molecule has 1 unspecified atom stereocenters. The molecule has 11 heavy (non-hydrogen) atoms. The molecule has 0 fully saturated rings. The molecule has 1 aromatic rings. The lowest BCUT2D eigenvalue weighted by molar-refractivity contribution is 0.732. The standard InChI is InChI=1S/C10H13Si/c1-2-9(8-11)10-6-4-3-5-7-10/h3-7,9H,2,8H2,1H3. The van der Waals surface area contributed by atoms with E-state index in [2.05, 4.69) is 47.5 Å². The quantitative estimate of drug-likeness (QED) is 0.598. The van der Waals surface area contributed by atoms with Crippen molar-refractivity contribution >= 4 is 10.2 Å². The minimum Gasteiger partial charge on any atom is -0.0648 e. The van der Waals surface area contributed by atoms with Crippen molar-refractivity contribution in [3.05, 3.63) is 35.9 Å². The topological polar surface area (TPSA) is 0 Å². The third-order valence-electron chi connectivity index (χ3n) is 2.01. The van der Waals surface area contributed by atoms with Gasteiger partial charge in [-0.25, -0.2) is 0 Å². The van der Waals surface area contributed by atoms with Crippen molar-refractivity contribution in [2.45, 2.75) is 25.3 Å². The Hall–Kier alpha value is -0.563. The Morgan fingerprint density at radius 2 is 1.91 bits per heavy atom. The summed E-state index contributed by atoms with van der Waals surface area (Å²) < 4.78 is 0. The monoisotopic (exact) mass is 161 g/mol. The number of benzene rings is 1. The lowest BCUT2D eigenvalue weighted by Crippen LogP contribution is -1.94. The predicted molar refractivity (Wildman–Crippen MR) is 50.0 cm³/mol. The predicted octanol–water partition coefficient (Wildman–Crippen LogP) is 2.77. The molecule has 0 nitrogen and oxygen atoms in total. The van der Waals surface area contributed by atoms with Crippen molar-refractivity contribution in [3.8, 4) is 0 Å². The van der Waals surface area contributed by atoms with Crippen molar-refractivity contribution in [2.75, 3.05) is 0 Å². The van der Waals surface area contributed by atoms with Crippen molar-refractivity contribution < 1.29 is 0 Å². The highest BCUT2D eigenvalue weighted by atomic mass is 28.1. The van der Waals surface area contributed by atoms with Gasteiger partial charge in [0.1, 0.15) is 0 Å². The van der Waals surface area contributed by atoms with E-state index in [-0.39, 0.29) is 0 Å². The molecule has 57 valence electrons. The summed E-state index contributed by atoms with van der Waals surface area (Å²) in [6.45, 7) is 2.22. The van der Waals surface area contributed by atoms with Crippen LogP contribution in [0, 0.1) is 0 Å². The average molecular weight is 161 g/mol. The van der Waals surface area contributed by atoms with Crippen molar-refractivity contribution in [2.24, 2.45) is 0 Å². The Kier molecular flexibility index (Phi) is 3.37. The van der Waals surface area contributed by atoms with E-state index in [1.54, 1.807) is 0 Å². The summed E-state index contributed by atoms with van der Waals surface area (Å²) in [6, 6.07) is 11.7. The second-order valence-corrected chi connectivity index (χ2v) is 3.13. The molecule has 0 aliphatic carbocycles. The highest BCUT2D eigenvalue weighted by Gasteiger charge is 2.04. The molecular weight excluding hydrogens is 148 g/mol. The van der Waals surface area contributed by atoms with Gasteiger partial charge in [0, 0.05) is 10.2 Å². The van der Waals surface area contributed by atoms with Crippen LogP contribution in [0.1, 0.15) is 24.8 Å². The second kappa shape index (κ2) is 4.34. The van der Waals surface area contributed by atoms with Gasteiger partial charge in [0.25, 0.3) is 0 Å². The van der Waals surface area contributed by atoms with Gasteiger partial charge in [0.15, 0.2) is 0 Å². The van der Waals surface area contributed by atoms with Gasteiger partial charge in [0.05, 0.1) is 0 Å². The molecule has 0 saturated carbocycles. The molecule has 1 atom stereocenters. The van der Waals surface area contributed by atoms with Crippen LogP contribution in [-0.4, -0.2) is 10.2 Å². The van der Waals surface area contributed by atoms with E-state index in [1.165, 1.54) is 12.0 Å². The molecule has 0 N–H and O–H groups in total. The smallest absolute Gasteiger partial charge is 0.0228 e. The van der Waals surface area contributed by atoms with E-state index < -0.39 is 0 Å². The number of rotatable bonds is 3. The van der Waals surface area contributed by atoms with Crippen LogP contribution in [0.15, 0.2) is 30.3 Å². The number of hydrogen-bond donors (Lipinski definition) is 0. The average Bonchev–Trinajstić information content (AvgIpc) is 2.09. The zero-order chi connectivity index (χ0) is 8.10. The second-order valence-electron chi connectivity index (χ2n) is 2.72. The Morgan fingerprint density at radius 1 is 1.27 bits per heavy atom. The van der Waals surface area contributed by atoms with Crippen molar-refractivity contribution in [3.63, 3.8) is 0 Å². The highest BCUT2D eigenvalue weighted by Crippen LogP contribution is 2.21. The maximum Gasteiger partial charge on any atom is 0.0228 e. The minimum absolute atomic E-state index is 0.674. The molecule has 1 heteroatoms. The minimum atomic E-state index is 0.674. The first-order valence-electron chi connectivity index (χ1n) is 4.08. The van der Waals surface area contributed by atoms with Crippen LogP contribution in [0.3, 0.4) is 0 Å². The van der Waals surface area contributed by atoms with Gasteiger partial charge in [-0.05, 0) is 17.9 Å². The van der Waals surface area contributed by atoms with Crippen LogP contribution in [0.4, 0.5) is 0 Å². The summed E-state index contributed by atoms with van der Waals surface area (Å²) in [5, 5.41) is 0. The van der Waals surface area contributed by atoms with E-state index >= 15 is 0 Å².